The highest BCUT2D eigenvalue weighted by Crippen LogP contribution is 2.19. The van der Waals surface area contributed by atoms with Crippen LogP contribution in [0.2, 0.25) is 0 Å². The minimum absolute atomic E-state index is 0.170. The summed E-state index contributed by atoms with van der Waals surface area (Å²) in [7, 11) is 0. The molecule has 0 amide bonds. The summed E-state index contributed by atoms with van der Waals surface area (Å²) in [6.45, 7) is 3.91. The lowest BCUT2D eigenvalue weighted by molar-refractivity contribution is 0.471. The second-order valence-electron chi connectivity index (χ2n) is 4.70. The van der Waals surface area contributed by atoms with Crippen molar-refractivity contribution in [3.05, 3.63) is 35.6 Å². The van der Waals surface area contributed by atoms with Crippen molar-refractivity contribution in [1.82, 2.24) is 5.32 Å². The summed E-state index contributed by atoms with van der Waals surface area (Å²) in [5.41, 5.74) is 6.66. The first-order chi connectivity index (χ1) is 8.77. The Bertz CT molecular complexity index is 311. The van der Waals surface area contributed by atoms with Crippen molar-refractivity contribution < 1.29 is 4.39 Å². The zero-order chi connectivity index (χ0) is 13.2. The summed E-state index contributed by atoms with van der Waals surface area (Å²) in [6, 6.07) is 7.17. The summed E-state index contributed by atoms with van der Waals surface area (Å²) >= 11 is 0. The van der Waals surface area contributed by atoms with Crippen LogP contribution in [0.1, 0.15) is 50.6 Å². The maximum absolute atomic E-state index is 12.9. The Morgan fingerprint density at radius 3 is 2.50 bits per heavy atom. The molecule has 1 rings (SSSR count). The van der Waals surface area contributed by atoms with Crippen LogP contribution in [0.4, 0.5) is 4.39 Å². The lowest BCUT2D eigenvalue weighted by Gasteiger charge is -2.19. The van der Waals surface area contributed by atoms with Gasteiger partial charge in [0.25, 0.3) is 0 Å². The van der Waals surface area contributed by atoms with E-state index in [1.54, 1.807) is 0 Å². The van der Waals surface area contributed by atoms with Crippen molar-refractivity contribution in [3.8, 4) is 0 Å². The van der Waals surface area contributed by atoms with E-state index in [1.807, 2.05) is 12.1 Å². The van der Waals surface area contributed by atoms with E-state index < -0.39 is 0 Å². The first-order valence-electron chi connectivity index (χ1n) is 6.96. The average Bonchev–Trinajstić information content (AvgIpc) is 2.39. The van der Waals surface area contributed by atoms with Gasteiger partial charge >= 0.3 is 0 Å². The van der Waals surface area contributed by atoms with E-state index in [9.17, 15) is 4.39 Å². The molecule has 1 atom stereocenters. The number of halogens is 1. The summed E-state index contributed by atoms with van der Waals surface area (Å²) in [6.07, 6.45) is 5.62. The lowest BCUT2D eigenvalue weighted by Crippen LogP contribution is -2.23. The van der Waals surface area contributed by atoms with E-state index in [0.717, 1.165) is 32.4 Å². The third-order valence-corrected chi connectivity index (χ3v) is 3.14. The van der Waals surface area contributed by atoms with Crippen molar-refractivity contribution in [2.45, 2.75) is 45.1 Å². The Balaban J connectivity index is 2.51. The number of benzene rings is 1. The third kappa shape index (κ3) is 5.61. The fourth-order valence-corrected chi connectivity index (χ4v) is 2.04. The van der Waals surface area contributed by atoms with Crippen molar-refractivity contribution in [1.29, 1.82) is 0 Å². The van der Waals surface area contributed by atoms with Gasteiger partial charge in [-0.15, -0.1) is 0 Å². The largest absolute Gasteiger partial charge is 0.330 e. The Labute approximate surface area is 110 Å². The van der Waals surface area contributed by atoms with Gasteiger partial charge in [0.2, 0.25) is 0 Å². The predicted octanol–water partition coefficient (Wildman–Crippen LogP) is 3.39. The molecule has 3 heteroatoms. The predicted molar refractivity (Wildman–Crippen MR) is 75.0 cm³/mol. The van der Waals surface area contributed by atoms with Crippen LogP contribution in [0.3, 0.4) is 0 Å². The van der Waals surface area contributed by atoms with Crippen molar-refractivity contribution in [3.63, 3.8) is 0 Å². The topological polar surface area (TPSA) is 38.0 Å². The quantitative estimate of drug-likeness (QED) is 0.661. The van der Waals surface area contributed by atoms with Gasteiger partial charge in [0.1, 0.15) is 5.82 Å². The standard InChI is InChI=1S/C15H25FN2/c1-2-3-6-15(18-12-5-4-11-17)13-7-9-14(16)10-8-13/h7-10,15,18H,2-6,11-12,17H2,1H3. The van der Waals surface area contributed by atoms with Crippen LogP contribution in [0.5, 0.6) is 0 Å². The van der Waals surface area contributed by atoms with E-state index in [2.05, 4.69) is 12.2 Å². The second kappa shape index (κ2) is 9.06. The van der Waals surface area contributed by atoms with Gasteiger partial charge in [-0.1, -0.05) is 31.9 Å². The summed E-state index contributed by atoms with van der Waals surface area (Å²) in [4.78, 5) is 0. The number of rotatable bonds is 9. The molecule has 0 radical (unpaired) electrons. The molecule has 0 aromatic heterocycles. The van der Waals surface area contributed by atoms with Crippen molar-refractivity contribution in [2.24, 2.45) is 5.73 Å². The molecule has 2 nitrogen and oxygen atoms in total. The summed E-state index contributed by atoms with van der Waals surface area (Å²) < 4.78 is 12.9. The second-order valence-corrected chi connectivity index (χ2v) is 4.70. The number of nitrogens with one attached hydrogen (secondary N) is 1. The van der Waals surface area contributed by atoms with Crippen LogP contribution in [-0.2, 0) is 0 Å². The molecule has 3 N–H and O–H groups in total. The Kier molecular flexibility index (Phi) is 7.62. The smallest absolute Gasteiger partial charge is 0.123 e. The maximum Gasteiger partial charge on any atom is 0.123 e. The fraction of sp³-hybridized carbons (Fsp3) is 0.600. The van der Waals surface area contributed by atoms with Gasteiger partial charge in [-0.3, -0.25) is 0 Å². The van der Waals surface area contributed by atoms with Crippen LogP contribution in [0.25, 0.3) is 0 Å². The van der Waals surface area contributed by atoms with E-state index >= 15 is 0 Å². The number of unbranched alkanes of at least 4 members (excludes halogenated alkanes) is 2. The Morgan fingerprint density at radius 2 is 1.89 bits per heavy atom. The summed E-state index contributed by atoms with van der Waals surface area (Å²) in [5, 5.41) is 3.55. The molecule has 0 spiro atoms. The highest BCUT2D eigenvalue weighted by atomic mass is 19.1. The van der Waals surface area contributed by atoms with Crippen LogP contribution in [-0.4, -0.2) is 13.1 Å². The monoisotopic (exact) mass is 252 g/mol. The van der Waals surface area contributed by atoms with Crippen molar-refractivity contribution >= 4 is 0 Å². The lowest BCUT2D eigenvalue weighted by atomic mass is 10.0. The molecule has 1 unspecified atom stereocenters. The molecule has 0 aliphatic rings. The zero-order valence-electron chi connectivity index (χ0n) is 11.3. The van der Waals surface area contributed by atoms with Crippen LogP contribution >= 0.6 is 0 Å². The molecule has 0 fully saturated rings. The molecule has 18 heavy (non-hydrogen) atoms. The Hall–Kier alpha value is -0.930. The van der Waals surface area contributed by atoms with Gasteiger partial charge < -0.3 is 11.1 Å². The molecule has 1 aromatic rings. The van der Waals surface area contributed by atoms with Crippen molar-refractivity contribution in [2.75, 3.05) is 13.1 Å². The molecule has 0 saturated heterocycles. The molecule has 1 aromatic carbocycles. The minimum Gasteiger partial charge on any atom is -0.330 e. The molecule has 0 aliphatic heterocycles. The highest BCUT2D eigenvalue weighted by Gasteiger charge is 2.09. The number of hydrogen-bond acceptors (Lipinski definition) is 2. The van der Waals surface area contributed by atoms with E-state index in [-0.39, 0.29) is 5.82 Å². The first-order valence-corrected chi connectivity index (χ1v) is 6.96. The van der Waals surface area contributed by atoms with E-state index in [4.69, 9.17) is 5.73 Å². The molecule has 0 bridgehead atoms. The normalized spacial score (nSPS) is 12.6. The molecule has 102 valence electrons. The first kappa shape index (κ1) is 15.1. The fourth-order valence-electron chi connectivity index (χ4n) is 2.04. The molecular weight excluding hydrogens is 227 g/mol. The molecule has 0 saturated carbocycles. The van der Waals surface area contributed by atoms with E-state index in [1.165, 1.54) is 30.5 Å². The van der Waals surface area contributed by atoms with E-state index in [0.29, 0.717) is 6.04 Å². The number of hydrogen-bond donors (Lipinski definition) is 2. The summed E-state index contributed by atoms with van der Waals surface area (Å²) in [5.74, 6) is -0.170. The average molecular weight is 252 g/mol. The van der Waals surface area contributed by atoms with Gasteiger partial charge in [-0.05, 0) is 50.0 Å². The zero-order valence-corrected chi connectivity index (χ0v) is 11.3. The van der Waals surface area contributed by atoms with Crippen LogP contribution < -0.4 is 11.1 Å². The third-order valence-electron chi connectivity index (χ3n) is 3.14. The molecule has 0 heterocycles. The van der Waals surface area contributed by atoms with Gasteiger partial charge in [-0.25, -0.2) is 4.39 Å². The maximum atomic E-state index is 12.9. The number of nitrogens with two attached hydrogens (primary N) is 1. The SMILES string of the molecule is CCCCC(NCCCCN)c1ccc(F)cc1. The van der Waals surface area contributed by atoms with Gasteiger partial charge in [-0.2, -0.15) is 0 Å². The Morgan fingerprint density at radius 1 is 1.17 bits per heavy atom. The molecule has 0 aliphatic carbocycles. The van der Waals surface area contributed by atoms with Gasteiger partial charge in [0, 0.05) is 6.04 Å². The van der Waals surface area contributed by atoms with Crippen LogP contribution in [0, 0.1) is 5.82 Å². The highest BCUT2D eigenvalue weighted by molar-refractivity contribution is 5.19. The van der Waals surface area contributed by atoms with Crippen LogP contribution in [0.15, 0.2) is 24.3 Å². The molecular formula is C15H25FN2. The minimum atomic E-state index is -0.170. The van der Waals surface area contributed by atoms with Gasteiger partial charge in [0.15, 0.2) is 0 Å². The van der Waals surface area contributed by atoms with Gasteiger partial charge in [0.05, 0.1) is 0 Å².